The Balaban J connectivity index is 2.47. The zero-order valence-corrected chi connectivity index (χ0v) is 11.9. The first kappa shape index (κ1) is 13.6. The number of aromatic nitrogens is 1. The third-order valence-corrected chi connectivity index (χ3v) is 3.25. The Morgan fingerprint density at radius 1 is 1.16 bits per heavy atom. The highest BCUT2D eigenvalue weighted by Crippen LogP contribution is 2.30. The van der Waals surface area contributed by atoms with Crippen molar-refractivity contribution in [3.05, 3.63) is 58.9 Å². The van der Waals surface area contributed by atoms with Gasteiger partial charge in [-0.15, -0.1) is 0 Å². The summed E-state index contributed by atoms with van der Waals surface area (Å²) < 4.78 is 5.47. The normalized spacial score (nSPS) is 12.2. The van der Waals surface area contributed by atoms with Crippen LogP contribution in [0.4, 0.5) is 0 Å². The number of nitrogens with zero attached hydrogens (tertiary/aromatic N) is 1. The molecule has 1 N–H and O–H groups in total. The molecule has 0 amide bonds. The van der Waals surface area contributed by atoms with E-state index >= 15 is 0 Å². The third-order valence-electron chi connectivity index (χ3n) is 3.25. The van der Waals surface area contributed by atoms with Crippen LogP contribution in [0.3, 0.4) is 0 Å². The summed E-state index contributed by atoms with van der Waals surface area (Å²) in [4.78, 5) is 4.37. The standard InChI is InChI=1S/C16H20N2O/c1-11-5-8-15(19-4)14(9-11)16(17-3)13-7-6-12(2)18-10-13/h5-10,16-17H,1-4H3. The molecule has 1 aromatic heterocycles. The van der Waals surface area contributed by atoms with Gasteiger partial charge in [-0.25, -0.2) is 0 Å². The second-order valence-electron chi connectivity index (χ2n) is 4.70. The van der Waals surface area contributed by atoms with Gasteiger partial charge in [0.2, 0.25) is 0 Å². The quantitative estimate of drug-likeness (QED) is 0.913. The van der Waals surface area contributed by atoms with Crippen molar-refractivity contribution in [2.24, 2.45) is 0 Å². The van der Waals surface area contributed by atoms with E-state index in [4.69, 9.17) is 4.74 Å². The van der Waals surface area contributed by atoms with Crippen LogP contribution in [0.1, 0.15) is 28.4 Å². The lowest BCUT2D eigenvalue weighted by atomic mass is 9.97. The molecule has 3 nitrogen and oxygen atoms in total. The molecule has 0 radical (unpaired) electrons. The number of aryl methyl sites for hydroxylation is 2. The fraction of sp³-hybridized carbons (Fsp3) is 0.312. The lowest BCUT2D eigenvalue weighted by molar-refractivity contribution is 0.405. The molecular weight excluding hydrogens is 236 g/mol. The highest BCUT2D eigenvalue weighted by atomic mass is 16.5. The van der Waals surface area contributed by atoms with Gasteiger partial charge in [0, 0.05) is 17.5 Å². The van der Waals surface area contributed by atoms with Gasteiger partial charge in [0.25, 0.3) is 0 Å². The van der Waals surface area contributed by atoms with Crippen molar-refractivity contribution in [1.29, 1.82) is 0 Å². The van der Waals surface area contributed by atoms with Gasteiger partial charge in [-0.3, -0.25) is 4.98 Å². The van der Waals surface area contributed by atoms with Gasteiger partial charge in [0.15, 0.2) is 0 Å². The first-order chi connectivity index (χ1) is 9.15. The number of methoxy groups -OCH3 is 1. The molecule has 1 aromatic carbocycles. The monoisotopic (exact) mass is 256 g/mol. The van der Waals surface area contributed by atoms with E-state index in [9.17, 15) is 0 Å². The van der Waals surface area contributed by atoms with Crippen LogP contribution in [-0.2, 0) is 0 Å². The molecule has 0 aliphatic heterocycles. The molecule has 0 saturated carbocycles. The summed E-state index contributed by atoms with van der Waals surface area (Å²) in [6.07, 6.45) is 1.91. The van der Waals surface area contributed by atoms with Crippen molar-refractivity contribution < 1.29 is 4.74 Å². The van der Waals surface area contributed by atoms with E-state index in [0.717, 1.165) is 22.6 Å². The van der Waals surface area contributed by atoms with Gasteiger partial charge in [-0.1, -0.05) is 23.8 Å². The molecule has 0 aliphatic carbocycles. The molecule has 100 valence electrons. The predicted octanol–water partition coefficient (Wildman–Crippen LogP) is 3.02. The van der Waals surface area contributed by atoms with Gasteiger partial charge >= 0.3 is 0 Å². The molecule has 3 heteroatoms. The fourth-order valence-corrected chi connectivity index (χ4v) is 2.23. The first-order valence-electron chi connectivity index (χ1n) is 6.40. The molecule has 0 spiro atoms. The molecule has 0 aliphatic rings. The summed E-state index contributed by atoms with van der Waals surface area (Å²) in [6.45, 7) is 4.08. The van der Waals surface area contributed by atoms with Crippen LogP contribution < -0.4 is 10.1 Å². The number of nitrogens with one attached hydrogen (secondary N) is 1. The van der Waals surface area contributed by atoms with Crippen LogP contribution in [0.5, 0.6) is 5.75 Å². The number of hydrogen-bond donors (Lipinski definition) is 1. The SMILES string of the molecule is CNC(c1ccc(C)nc1)c1cc(C)ccc1OC. The maximum Gasteiger partial charge on any atom is 0.124 e. The molecule has 1 atom stereocenters. The Hall–Kier alpha value is -1.87. The minimum atomic E-state index is 0.0861. The Morgan fingerprint density at radius 2 is 1.95 bits per heavy atom. The van der Waals surface area contributed by atoms with Gasteiger partial charge in [0.05, 0.1) is 13.2 Å². The number of ether oxygens (including phenoxy) is 1. The van der Waals surface area contributed by atoms with Crippen LogP contribution in [0.25, 0.3) is 0 Å². The van der Waals surface area contributed by atoms with E-state index in [1.165, 1.54) is 5.56 Å². The average Bonchev–Trinajstić information content (AvgIpc) is 2.42. The summed E-state index contributed by atoms with van der Waals surface area (Å²) >= 11 is 0. The molecule has 2 rings (SSSR count). The molecule has 0 bridgehead atoms. The number of benzene rings is 1. The van der Waals surface area contributed by atoms with Gasteiger partial charge in [-0.2, -0.15) is 0 Å². The largest absolute Gasteiger partial charge is 0.496 e. The number of pyridine rings is 1. The van der Waals surface area contributed by atoms with E-state index in [2.05, 4.69) is 35.4 Å². The maximum atomic E-state index is 5.47. The highest BCUT2D eigenvalue weighted by molar-refractivity contribution is 5.43. The molecule has 1 heterocycles. The Labute approximate surface area is 114 Å². The molecular formula is C16H20N2O. The van der Waals surface area contributed by atoms with E-state index in [-0.39, 0.29) is 6.04 Å². The van der Waals surface area contributed by atoms with Crippen molar-refractivity contribution in [2.75, 3.05) is 14.2 Å². The van der Waals surface area contributed by atoms with Crippen molar-refractivity contribution in [3.63, 3.8) is 0 Å². The topological polar surface area (TPSA) is 34.2 Å². The summed E-state index contributed by atoms with van der Waals surface area (Å²) in [5.41, 5.74) is 4.51. The summed E-state index contributed by atoms with van der Waals surface area (Å²) in [6, 6.07) is 10.4. The van der Waals surface area contributed by atoms with Crippen LogP contribution in [0, 0.1) is 13.8 Å². The number of rotatable bonds is 4. The zero-order valence-electron chi connectivity index (χ0n) is 11.9. The Kier molecular flexibility index (Phi) is 4.17. The fourth-order valence-electron chi connectivity index (χ4n) is 2.23. The lowest BCUT2D eigenvalue weighted by Crippen LogP contribution is -2.18. The van der Waals surface area contributed by atoms with Crippen molar-refractivity contribution in [2.45, 2.75) is 19.9 Å². The predicted molar refractivity (Wildman–Crippen MR) is 77.6 cm³/mol. The second-order valence-corrected chi connectivity index (χ2v) is 4.70. The zero-order chi connectivity index (χ0) is 13.8. The van der Waals surface area contributed by atoms with Gasteiger partial charge in [-0.05, 0) is 38.6 Å². The Morgan fingerprint density at radius 3 is 2.53 bits per heavy atom. The van der Waals surface area contributed by atoms with Crippen molar-refractivity contribution in [1.82, 2.24) is 10.3 Å². The van der Waals surface area contributed by atoms with Crippen LogP contribution >= 0.6 is 0 Å². The molecule has 0 saturated heterocycles. The van der Waals surface area contributed by atoms with E-state index in [0.29, 0.717) is 0 Å². The third kappa shape index (κ3) is 2.93. The van der Waals surface area contributed by atoms with Crippen molar-refractivity contribution >= 4 is 0 Å². The maximum absolute atomic E-state index is 5.47. The van der Waals surface area contributed by atoms with Gasteiger partial charge in [0.1, 0.15) is 5.75 Å². The van der Waals surface area contributed by atoms with E-state index < -0.39 is 0 Å². The van der Waals surface area contributed by atoms with Crippen LogP contribution in [0.2, 0.25) is 0 Å². The summed E-state index contributed by atoms with van der Waals surface area (Å²) in [5.74, 6) is 0.894. The van der Waals surface area contributed by atoms with Crippen LogP contribution in [-0.4, -0.2) is 19.1 Å². The smallest absolute Gasteiger partial charge is 0.124 e. The van der Waals surface area contributed by atoms with Crippen LogP contribution in [0.15, 0.2) is 36.5 Å². The van der Waals surface area contributed by atoms with Crippen molar-refractivity contribution in [3.8, 4) is 5.75 Å². The molecule has 1 unspecified atom stereocenters. The average molecular weight is 256 g/mol. The minimum absolute atomic E-state index is 0.0861. The molecule has 19 heavy (non-hydrogen) atoms. The van der Waals surface area contributed by atoms with Gasteiger partial charge < -0.3 is 10.1 Å². The molecule has 0 fully saturated rings. The summed E-state index contributed by atoms with van der Waals surface area (Å²) in [5, 5.41) is 3.34. The molecule has 2 aromatic rings. The lowest BCUT2D eigenvalue weighted by Gasteiger charge is -2.20. The number of hydrogen-bond acceptors (Lipinski definition) is 3. The first-order valence-corrected chi connectivity index (χ1v) is 6.40. The second kappa shape index (κ2) is 5.85. The summed E-state index contributed by atoms with van der Waals surface area (Å²) in [7, 11) is 3.65. The highest BCUT2D eigenvalue weighted by Gasteiger charge is 2.16. The minimum Gasteiger partial charge on any atom is -0.496 e. The van der Waals surface area contributed by atoms with E-state index in [1.807, 2.05) is 32.3 Å². The Bertz CT molecular complexity index is 549. The van der Waals surface area contributed by atoms with E-state index in [1.54, 1.807) is 7.11 Å².